The fourth-order valence-corrected chi connectivity index (χ4v) is 2.32. The van der Waals surface area contributed by atoms with E-state index < -0.39 is 6.10 Å². The average Bonchev–Trinajstić information content (AvgIpc) is 2.47. The van der Waals surface area contributed by atoms with Crippen LogP contribution < -0.4 is 11.1 Å². The second kappa shape index (κ2) is 7.98. The smallest absolute Gasteiger partial charge is 0.250 e. The minimum atomic E-state index is -0.604. The van der Waals surface area contributed by atoms with E-state index in [0.717, 1.165) is 16.3 Å². The second-order valence-electron chi connectivity index (χ2n) is 4.76. The van der Waals surface area contributed by atoms with Crippen LogP contribution >= 0.6 is 12.4 Å². The van der Waals surface area contributed by atoms with Crippen molar-refractivity contribution in [2.45, 2.75) is 19.1 Å². The Balaban J connectivity index is 0.00000220. The van der Waals surface area contributed by atoms with Gasteiger partial charge in [-0.05, 0) is 23.3 Å². The third kappa shape index (κ3) is 3.94. The topological polar surface area (TPSA) is 64.3 Å². The molecular weight excluding hydrogens is 288 g/mol. The number of halogens is 1. The van der Waals surface area contributed by atoms with E-state index in [4.69, 9.17) is 10.5 Å². The van der Waals surface area contributed by atoms with Crippen LogP contribution in [0.2, 0.25) is 0 Å². The van der Waals surface area contributed by atoms with Gasteiger partial charge in [-0.1, -0.05) is 42.5 Å². The van der Waals surface area contributed by atoms with Gasteiger partial charge in [0.1, 0.15) is 6.10 Å². The van der Waals surface area contributed by atoms with Crippen LogP contribution in [0.3, 0.4) is 0 Å². The molecule has 0 aliphatic heterocycles. The molecule has 0 heterocycles. The molecule has 2 atom stereocenters. The molecule has 0 aliphatic rings. The molecule has 1 amide bonds. The van der Waals surface area contributed by atoms with E-state index in [2.05, 4.69) is 23.5 Å². The Morgan fingerprint density at radius 3 is 2.57 bits per heavy atom. The summed E-state index contributed by atoms with van der Waals surface area (Å²) in [5.41, 5.74) is 6.59. The maximum absolute atomic E-state index is 12.0. The van der Waals surface area contributed by atoms with E-state index in [-0.39, 0.29) is 30.9 Å². The van der Waals surface area contributed by atoms with Crippen molar-refractivity contribution in [1.82, 2.24) is 5.32 Å². The summed E-state index contributed by atoms with van der Waals surface area (Å²) in [6.45, 7) is 2.13. The highest BCUT2D eigenvalue weighted by Gasteiger charge is 2.19. The van der Waals surface area contributed by atoms with Gasteiger partial charge in [-0.2, -0.15) is 0 Å². The van der Waals surface area contributed by atoms with Crippen molar-refractivity contribution in [3.8, 4) is 0 Å². The largest absolute Gasteiger partial charge is 0.370 e. The van der Waals surface area contributed by atoms with Gasteiger partial charge in [-0.3, -0.25) is 4.79 Å². The molecule has 4 nitrogen and oxygen atoms in total. The van der Waals surface area contributed by atoms with E-state index >= 15 is 0 Å². The number of methoxy groups -OCH3 is 1. The Hall–Kier alpha value is -1.62. The van der Waals surface area contributed by atoms with Crippen molar-refractivity contribution in [1.29, 1.82) is 0 Å². The summed E-state index contributed by atoms with van der Waals surface area (Å²) in [6.07, 6.45) is -0.604. The highest BCUT2D eigenvalue weighted by Crippen LogP contribution is 2.24. The molecule has 2 unspecified atom stereocenters. The summed E-state index contributed by atoms with van der Waals surface area (Å²) in [4.78, 5) is 12.0. The van der Waals surface area contributed by atoms with Gasteiger partial charge in [0.15, 0.2) is 0 Å². The molecule has 3 N–H and O–H groups in total. The van der Waals surface area contributed by atoms with E-state index in [1.165, 1.54) is 7.11 Å². The van der Waals surface area contributed by atoms with Gasteiger partial charge in [0.25, 0.3) is 5.91 Å². The fourth-order valence-electron chi connectivity index (χ4n) is 2.32. The summed E-state index contributed by atoms with van der Waals surface area (Å²) < 4.78 is 5.05. The number of rotatable bonds is 5. The van der Waals surface area contributed by atoms with Gasteiger partial charge in [-0.15, -0.1) is 12.4 Å². The molecule has 114 valence electrons. The third-order valence-electron chi connectivity index (χ3n) is 3.44. The van der Waals surface area contributed by atoms with Crippen LogP contribution in [-0.4, -0.2) is 25.7 Å². The van der Waals surface area contributed by atoms with Crippen LogP contribution in [0, 0.1) is 0 Å². The lowest BCUT2D eigenvalue weighted by Gasteiger charge is -2.19. The van der Waals surface area contributed by atoms with Gasteiger partial charge in [0.05, 0.1) is 6.04 Å². The van der Waals surface area contributed by atoms with Crippen LogP contribution in [0.5, 0.6) is 0 Å². The first kappa shape index (κ1) is 17.4. The molecule has 2 aromatic carbocycles. The molecule has 0 radical (unpaired) electrons. The number of nitrogens with two attached hydrogens (primary N) is 1. The molecule has 0 saturated carbocycles. The van der Waals surface area contributed by atoms with Crippen LogP contribution in [-0.2, 0) is 9.53 Å². The number of hydrogen-bond acceptors (Lipinski definition) is 3. The Bertz CT molecular complexity index is 594. The van der Waals surface area contributed by atoms with Crippen molar-refractivity contribution >= 4 is 29.1 Å². The zero-order valence-electron chi connectivity index (χ0n) is 12.2. The first-order valence-corrected chi connectivity index (χ1v) is 6.68. The third-order valence-corrected chi connectivity index (χ3v) is 3.44. The van der Waals surface area contributed by atoms with Gasteiger partial charge in [-0.25, -0.2) is 0 Å². The minimum absolute atomic E-state index is 0. The molecule has 0 aliphatic carbocycles. The van der Waals surface area contributed by atoms with Crippen LogP contribution in [0.25, 0.3) is 10.8 Å². The first-order chi connectivity index (χ1) is 9.67. The first-order valence-electron chi connectivity index (χ1n) is 6.68. The molecule has 0 bridgehead atoms. The Kier molecular flexibility index (Phi) is 6.62. The number of carbonyl (C=O) groups is 1. The summed E-state index contributed by atoms with van der Waals surface area (Å²) in [5.74, 6) is -0.185. The van der Waals surface area contributed by atoms with E-state index in [9.17, 15) is 4.79 Å². The summed E-state index contributed by atoms with van der Waals surface area (Å²) in [7, 11) is 1.49. The monoisotopic (exact) mass is 308 g/mol. The van der Waals surface area contributed by atoms with Crippen molar-refractivity contribution in [3.63, 3.8) is 0 Å². The number of benzene rings is 2. The van der Waals surface area contributed by atoms with Crippen molar-refractivity contribution in [3.05, 3.63) is 48.0 Å². The van der Waals surface area contributed by atoms with Crippen molar-refractivity contribution in [2.75, 3.05) is 13.7 Å². The number of amides is 1. The molecule has 0 saturated heterocycles. The van der Waals surface area contributed by atoms with Crippen LogP contribution in [0.4, 0.5) is 0 Å². The fraction of sp³-hybridized carbons (Fsp3) is 0.312. The van der Waals surface area contributed by atoms with Gasteiger partial charge in [0, 0.05) is 13.7 Å². The standard InChI is InChI=1S/C16H20N2O2.ClH/c1-11(18-16(19)15(10-17)20-2)13-9-5-7-12-6-3-4-8-14(12)13;/h3-9,11,15H,10,17H2,1-2H3,(H,18,19);1H. The Morgan fingerprint density at radius 1 is 1.24 bits per heavy atom. The van der Waals surface area contributed by atoms with Gasteiger partial charge < -0.3 is 15.8 Å². The number of hydrogen-bond donors (Lipinski definition) is 2. The number of carbonyl (C=O) groups excluding carboxylic acids is 1. The Labute approximate surface area is 131 Å². The minimum Gasteiger partial charge on any atom is -0.370 e. The predicted molar refractivity (Wildman–Crippen MR) is 87.6 cm³/mol. The molecule has 21 heavy (non-hydrogen) atoms. The van der Waals surface area contributed by atoms with E-state index in [1.54, 1.807) is 0 Å². The van der Waals surface area contributed by atoms with Crippen LogP contribution in [0.1, 0.15) is 18.5 Å². The zero-order valence-corrected chi connectivity index (χ0v) is 13.0. The Morgan fingerprint density at radius 2 is 1.90 bits per heavy atom. The molecule has 0 fully saturated rings. The average molecular weight is 309 g/mol. The SMILES string of the molecule is COC(CN)C(=O)NC(C)c1cccc2ccccc12.Cl. The van der Waals surface area contributed by atoms with Crippen LogP contribution in [0.15, 0.2) is 42.5 Å². The summed E-state index contributed by atoms with van der Waals surface area (Å²) in [5, 5.41) is 5.25. The maximum atomic E-state index is 12.0. The van der Waals surface area contributed by atoms with E-state index in [0.29, 0.717) is 0 Å². The molecular formula is C16H21ClN2O2. The molecule has 5 heteroatoms. The van der Waals surface area contributed by atoms with Gasteiger partial charge >= 0.3 is 0 Å². The lowest BCUT2D eigenvalue weighted by Crippen LogP contribution is -2.41. The molecule has 0 spiro atoms. The predicted octanol–water partition coefficient (Wildman–Crippen LogP) is 2.41. The zero-order chi connectivity index (χ0) is 14.5. The highest BCUT2D eigenvalue weighted by atomic mass is 35.5. The second-order valence-corrected chi connectivity index (χ2v) is 4.76. The maximum Gasteiger partial charge on any atom is 0.250 e. The molecule has 0 aromatic heterocycles. The number of nitrogens with one attached hydrogen (secondary N) is 1. The number of fused-ring (bicyclic) bond motifs is 1. The number of ether oxygens (including phenoxy) is 1. The van der Waals surface area contributed by atoms with E-state index in [1.807, 2.05) is 31.2 Å². The van der Waals surface area contributed by atoms with Crippen molar-refractivity contribution in [2.24, 2.45) is 5.73 Å². The molecule has 2 rings (SSSR count). The lowest BCUT2D eigenvalue weighted by molar-refractivity contribution is -0.131. The highest BCUT2D eigenvalue weighted by molar-refractivity contribution is 5.87. The van der Waals surface area contributed by atoms with Crippen molar-refractivity contribution < 1.29 is 9.53 Å². The normalized spacial score (nSPS) is 13.3. The van der Waals surface area contributed by atoms with Gasteiger partial charge in [0.2, 0.25) is 0 Å². The lowest BCUT2D eigenvalue weighted by atomic mass is 9.99. The quantitative estimate of drug-likeness (QED) is 0.891. The summed E-state index contributed by atoms with van der Waals surface area (Å²) in [6, 6.07) is 14.1. The molecule has 2 aromatic rings. The summed E-state index contributed by atoms with van der Waals surface area (Å²) >= 11 is 0.